The summed E-state index contributed by atoms with van der Waals surface area (Å²) in [5.41, 5.74) is 1.24. The molecule has 1 aromatic carbocycles. The third-order valence-electron chi connectivity index (χ3n) is 4.02. The first-order valence-corrected chi connectivity index (χ1v) is 6.29. The highest BCUT2D eigenvalue weighted by Gasteiger charge is 2.39. The van der Waals surface area contributed by atoms with E-state index in [9.17, 15) is 9.59 Å². The van der Waals surface area contributed by atoms with E-state index < -0.39 is 5.54 Å². The minimum absolute atomic E-state index is 0.0699. The highest BCUT2D eigenvalue weighted by Crippen LogP contribution is 2.47. The topological polar surface area (TPSA) is 59.0 Å². The fourth-order valence-corrected chi connectivity index (χ4v) is 2.63. The molecule has 98 valence electrons. The molecule has 0 saturated heterocycles. The van der Waals surface area contributed by atoms with Crippen molar-refractivity contribution >= 4 is 17.7 Å². The lowest BCUT2D eigenvalue weighted by atomic mass is 9.72. The molecule has 1 aromatic rings. The molecule has 1 aliphatic carbocycles. The van der Waals surface area contributed by atoms with Crippen LogP contribution >= 0.6 is 0 Å². The zero-order chi connectivity index (χ0) is 13.5. The van der Waals surface area contributed by atoms with Crippen molar-refractivity contribution in [3.05, 3.63) is 23.8 Å². The monoisotopic (exact) mass is 258 g/mol. The molecule has 0 unspecified atom stereocenters. The Kier molecular flexibility index (Phi) is 2.64. The minimum atomic E-state index is -0.446. The Morgan fingerprint density at radius 3 is 2.84 bits per heavy atom. The molecule has 2 aliphatic rings. The lowest BCUT2D eigenvalue weighted by molar-refractivity contribution is -0.120. The molecule has 0 aromatic heterocycles. The van der Waals surface area contributed by atoms with Crippen molar-refractivity contribution in [3.8, 4) is 5.75 Å². The molecule has 0 N–H and O–H groups in total. The summed E-state index contributed by atoms with van der Waals surface area (Å²) < 4.78 is 5.39. The van der Waals surface area contributed by atoms with Gasteiger partial charge in [-0.05, 0) is 37.0 Å². The molecule has 0 atom stereocenters. The number of isocyanates is 1. The molecule has 1 saturated carbocycles. The maximum Gasteiger partial charge on any atom is 0.264 e. The number of ether oxygens (including phenoxy) is 1. The van der Waals surface area contributed by atoms with Gasteiger partial charge < -0.3 is 9.64 Å². The summed E-state index contributed by atoms with van der Waals surface area (Å²) >= 11 is 0. The molecule has 1 fully saturated rings. The molecule has 1 heterocycles. The van der Waals surface area contributed by atoms with Gasteiger partial charge >= 0.3 is 0 Å². The number of hydrogen-bond acceptors (Lipinski definition) is 4. The van der Waals surface area contributed by atoms with Crippen LogP contribution in [-0.4, -0.2) is 25.6 Å². The molecular formula is C14H14N2O3. The van der Waals surface area contributed by atoms with Crippen LogP contribution in [0.1, 0.15) is 24.8 Å². The Bertz CT molecular complexity index is 586. The normalized spacial score (nSPS) is 19.8. The third kappa shape index (κ3) is 1.74. The Balaban J connectivity index is 2.06. The zero-order valence-electron chi connectivity index (χ0n) is 10.7. The lowest BCUT2D eigenvalue weighted by Crippen LogP contribution is -2.36. The third-order valence-corrected chi connectivity index (χ3v) is 4.02. The lowest BCUT2D eigenvalue weighted by Gasteiger charge is -2.38. The quantitative estimate of drug-likeness (QED) is 0.600. The second-order valence-corrected chi connectivity index (χ2v) is 5.01. The Hall–Kier alpha value is -2.13. The number of likely N-dealkylation sites (N-methyl/N-ethyl adjacent to an activating group) is 1. The number of rotatable bonds is 2. The maximum absolute atomic E-state index is 11.6. The van der Waals surface area contributed by atoms with Crippen LogP contribution in [0.3, 0.4) is 0 Å². The first-order valence-electron chi connectivity index (χ1n) is 6.29. The second-order valence-electron chi connectivity index (χ2n) is 5.01. The van der Waals surface area contributed by atoms with Crippen molar-refractivity contribution in [2.75, 3.05) is 18.6 Å². The van der Waals surface area contributed by atoms with Gasteiger partial charge in [0.1, 0.15) is 5.75 Å². The van der Waals surface area contributed by atoms with E-state index in [2.05, 4.69) is 4.99 Å². The van der Waals surface area contributed by atoms with E-state index >= 15 is 0 Å². The van der Waals surface area contributed by atoms with E-state index in [0.717, 1.165) is 30.5 Å². The van der Waals surface area contributed by atoms with Crippen LogP contribution < -0.4 is 9.64 Å². The van der Waals surface area contributed by atoms with Crippen LogP contribution in [-0.2, 0) is 15.1 Å². The van der Waals surface area contributed by atoms with Crippen molar-refractivity contribution in [2.24, 2.45) is 4.99 Å². The van der Waals surface area contributed by atoms with E-state index in [1.807, 2.05) is 18.2 Å². The van der Waals surface area contributed by atoms with Gasteiger partial charge in [-0.25, -0.2) is 4.79 Å². The number of hydrogen-bond donors (Lipinski definition) is 0. The van der Waals surface area contributed by atoms with Crippen molar-refractivity contribution in [2.45, 2.75) is 24.8 Å². The average Bonchev–Trinajstić information content (AvgIpc) is 2.38. The Morgan fingerprint density at radius 1 is 1.42 bits per heavy atom. The molecule has 0 radical (unpaired) electrons. The average molecular weight is 258 g/mol. The standard InChI is InChI=1S/C14H14N2O3/c1-16-11-7-10(14(15-9-17)5-2-6-14)3-4-12(11)19-8-13(16)18/h3-4,7H,2,5-6,8H2,1H3. The van der Waals surface area contributed by atoms with Gasteiger partial charge in [0, 0.05) is 7.05 Å². The molecule has 0 bridgehead atoms. The molecule has 1 amide bonds. The summed E-state index contributed by atoms with van der Waals surface area (Å²) in [6.07, 6.45) is 4.41. The summed E-state index contributed by atoms with van der Waals surface area (Å²) in [5.74, 6) is 0.613. The zero-order valence-corrected chi connectivity index (χ0v) is 10.7. The molecule has 0 spiro atoms. The van der Waals surface area contributed by atoms with Gasteiger partial charge in [-0.2, -0.15) is 4.99 Å². The van der Waals surface area contributed by atoms with Crippen molar-refractivity contribution < 1.29 is 14.3 Å². The summed E-state index contributed by atoms with van der Waals surface area (Å²) in [5, 5.41) is 0. The first kappa shape index (κ1) is 11.9. The van der Waals surface area contributed by atoms with Crippen molar-refractivity contribution in [3.63, 3.8) is 0 Å². The first-order chi connectivity index (χ1) is 9.16. The van der Waals surface area contributed by atoms with Gasteiger partial charge in [-0.3, -0.25) is 4.79 Å². The smallest absolute Gasteiger partial charge is 0.264 e. The molecule has 1 aliphatic heterocycles. The SMILES string of the molecule is CN1C(=O)COc2ccc(C3(N=C=O)CCC3)cc21. The predicted molar refractivity (Wildman–Crippen MR) is 69.0 cm³/mol. The van der Waals surface area contributed by atoms with Crippen LogP contribution in [0.2, 0.25) is 0 Å². The molecular weight excluding hydrogens is 244 g/mol. The summed E-state index contributed by atoms with van der Waals surface area (Å²) in [6.45, 7) is 0.0699. The number of carbonyl (C=O) groups is 1. The number of amides is 1. The maximum atomic E-state index is 11.6. The van der Waals surface area contributed by atoms with Gasteiger partial charge in [-0.1, -0.05) is 6.07 Å². The number of fused-ring (bicyclic) bond motifs is 1. The van der Waals surface area contributed by atoms with E-state index in [0.29, 0.717) is 5.75 Å². The van der Waals surface area contributed by atoms with Crippen LogP contribution in [0.15, 0.2) is 23.2 Å². The second kappa shape index (κ2) is 4.21. The van der Waals surface area contributed by atoms with Gasteiger partial charge in [-0.15, -0.1) is 0 Å². The van der Waals surface area contributed by atoms with Crippen molar-refractivity contribution in [1.82, 2.24) is 0 Å². The summed E-state index contributed by atoms with van der Waals surface area (Å²) in [4.78, 5) is 27.8. The van der Waals surface area contributed by atoms with Crippen LogP contribution in [0.25, 0.3) is 0 Å². The predicted octanol–water partition coefficient (Wildman–Crippen LogP) is 1.76. The molecule has 3 rings (SSSR count). The van der Waals surface area contributed by atoms with Crippen LogP contribution in [0.4, 0.5) is 5.69 Å². The van der Waals surface area contributed by atoms with Gasteiger partial charge in [0.25, 0.3) is 5.91 Å². The Labute approximate surface area is 110 Å². The largest absolute Gasteiger partial charge is 0.482 e. The number of benzene rings is 1. The van der Waals surface area contributed by atoms with Gasteiger partial charge in [0.15, 0.2) is 6.61 Å². The highest BCUT2D eigenvalue weighted by atomic mass is 16.5. The number of nitrogens with zero attached hydrogens (tertiary/aromatic N) is 2. The highest BCUT2D eigenvalue weighted by molar-refractivity contribution is 5.97. The number of anilines is 1. The van der Waals surface area contributed by atoms with Crippen LogP contribution in [0, 0.1) is 0 Å². The molecule has 19 heavy (non-hydrogen) atoms. The van der Waals surface area contributed by atoms with E-state index in [1.54, 1.807) is 18.0 Å². The van der Waals surface area contributed by atoms with E-state index in [4.69, 9.17) is 4.74 Å². The van der Waals surface area contributed by atoms with Crippen molar-refractivity contribution in [1.29, 1.82) is 0 Å². The van der Waals surface area contributed by atoms with Gasteiger partial charge in [0.05, 0.1) is 11.2 Å². The molecule has 5 heteroatoms. The number of aliphatic imine (C=N–C) groups is 1. The summed E-state index contributed by atoms with van der Waals surface area (Å²) in [7, 11) is 1.73. The fraction of sp³-hybridized carbons (Fsp3) is 0.429. The van der Waals surface area contributed by atoms with Crippen LogP contribution in [0.5, 0.6) is 5.75 Å². The molecule has 5 nitrogen and oxygen atoms in total. The van der Waals surface area contributed by atoms with Gasteiger partial charge in [0.2, 0.25) is 6.08 Å². The Morgan fingerprint density at radius 2 is 2.21 bits per heavy atom. The van der Waals surface area contributed by atoms with E-state index in [1.165, 1.54) is 0 Å². The fourth-order valence-electron chi connectivity index (χ4n) is 2.63. The number of carbonyl (C=O) groups excluding carboxylic acids is 2. The van der Waals surface area contributed by atoms with E-state index in [-0.39, 0.29) is 12.5 Å². The minimum Gasteiger partial charge on any atom is -0.482 e. The summed E-state index contributed by atoms with van der Waals surface area (Å²) in [6, 6.07) is 5.66.